The maximum atomic E-state index is 12.0. The quantitative estimate of drug-likeness (QED) is 0.838. The van der Waals surface area contributed by atoms with Gasteiger partial charge in [-0.1, -0.05) is 26.8 Å². The molecule has 0 atom stereocenters. The second kappa shape index (κ2) is 6.91. The van der Waals surface area contributed by atoms with Gasteiger partial charge in [-0.15, -0.1) is 0 Å². The van der Waals surface area contributed by atoms with E-state index in [9.17, 15) is 8.42 Å². The van der Waals surface area contributed by atoms with E-state index in [4.69, 9.17) is 4.74 Å². The first kappa shape index (κ1) is 16.0. The Morgan fingerprint density at radius 3 is 2.58 bits per heavy atom. The van der Waals surface area contributed by atoms with Crippen LogP contribution in [0.15, 0.2) is 23.1 Å². The third-order valence-corrected chi connectivity index (χ3v) is 4.43. The summed E-state index contributed by atoms with van der Waals surface area (Å²) < 4.78 is 32.1. The first-order chi connectivity index (χ1) is 8.86. The molecule has 0 aliphatic rings. The summed E-state index contributed by atoms with van der Waals surface area (Å²) in [6.45, 7) is 8.76. The molecule has 1 N–H and O–H groups in total. The molecule has 19 heavy (non-hydrogen) atoms. The summed E-state index contributed by atoms with van der Waals surface area (Å²) in [6.07, 6.45) is 0.948. The fourth-order valence-corrected chi connectivity index (χ4v) is 2.94. The van der Waals surface area contributed by atoms with E-state index < -0.39 is 10.0 Å². The molecule has 0 radical (unpaired) electrons. The average Bonchev–Trinajstić information content (AvgIpc) is 2.30. The van der Waals surface area contributed by atoms with Gasteiger partial charge in [0.15, 0.2) is 0 Å². The van der Waals surface area contributed by atoms with Crippen LogP contribution in [0.25, 0.3) is 0 Å². The zero-order valence-electron chi connectivity index (χ0n) is 12.1. The molecule has 0 spiro atoms. The predicted molar refractivity (Wildman–Crippen MR) is 77.0 cm³/mol. The number of sulfonamides is 1. The number of benzene rings is 1. The van der Waals surface area contributed by atoms with Crippen molar-refractivity contribution in [3.8, 4) is 5.75 Å². The summed E-state index contributed by atoms with van der Waals surface area (Å²) in [4.78, 5) is 0.288. The Morgan fingerprint density at radius 2 is 2.00 bits per heavy atom. The van der Waals surface area contributed by atoms with Gasteiger partial charge in [0, 0.05) is 12.6 Å². The van der Waals surface area contributed by atoms with Gasteiger partial charge in [0.1, 0.15) is 5.75 Å². The van der Waals surface area contributed by atoms with Crippen LogP contribution in [0.2, 0.25) is 0 Å². The molecule has 1 rings (SSSR count). The normalized spacial score (nSPS) is 11.8. The molecule has 0 aromatic heterocycles. The van der Waals surface area contributed by atoms with Crippen LogP contribution in [0.1, 0.15) is 32.8 Å². The van der Waals surface area contributed by atoms with Crippen LogP contribution in [0, 0.1) is 12.8 Å². The average molecular weight is 285 g/mol. The Labute approximate surface area is 116 Å². The molecule has 0 fully saturated rings. The van der Waals surface area contributed by atoms with Gasteiger partial charge in [-0.3, -0.25) is 0 Å². The maximum Gasteiger partial charge on any atom is 0.240 e. The molecular weight excluding hydrogens is 262 g/mol. The van der Waals surface area contributed by atoms with Crippen molar-refractivity contribution in [1.29, 1.82) is 0 Å². The zero-order chi connectivity index (χ0) is 14.5. The summed E-state index contributed by atoms with van der Waals surface area (Å²) in [5.41, 5.74) is 0.720. The van der Waals surface area contributed by atoms with Gasteiger partial charge < -0.3 is 4.74 Å². The number of hydrogen-bond donors (Lipinski definition) is 1. The second-order valence-corrected chi connectivity index (χ2v) is 6.69. The summed E-state index contributed by atoms with van der Waals surface area (Å²) in [7, 11) is -3.43. The third kappa shape index (κ3) is 4.84. The van der Waals surface area contributed by atoms with Crippen LogP contribution in [-0.2, 0) is 10.0 Å². The zero-order valence-corrected chi connectivity index (χ0v) is 12.9. The highest BCUT2D eigenvalue weighted by Crippen LogP contribution is 2.22. The monoisotopic (exact) mass is 285 g/mol. The Hall–Kier alpha value is -1.07. The molecule has 0 aliphatic carbocycles. The topological polar surface area (TPSA) is 55.4 Å². The fourth-order valence-electron chi connectivity index (χ4n) is 1.64. The molecule has 0 aliphatic heterocycles. The highest BCUT2D eigenvalue weighted by atomic mass is 32.2. The molecule has 0 bridgehead atoms. The summed E-state index contributed by atoms with van der Waals surface area (Å²) in [5, 5.41) is 0. The van der Waals surface area contributed by atoms with Crippen molar-refractivity contribution in [1.82, 2.24) is 4.72 Å². The van der Waals surface area contributed by atoms with Gasteiger partial charge in [-0.25, -0.2) is 13.1 Å². The molecule has 108 valence electrons. The van der Waals surface area contributed by atoms with E-state index >= 15 is 0 Å². The SMILES string of the molecule is CCNS(=O)(=O)c1cc(OCCC(C)C)ccc1C. The van der Waals surface area contributed by atoms with Crippen LogP contribution in [-0.4, -0.2) is 21.6 Å². The first-order valence-corrected chi connectivity index (χ1v) is 8.08. The lowest BCUT2D eigenvalue weighted by Gasteiger charge is -2.12. The molecule has 5 heteroatoms. The van der Waals surface area contributed by atoms with Crippen molar-refractivity contribution in [3.05, 3.63) is 23.8 Å². The fraction of sp³-hybridized carbons (Fsp3) is 0.571. The lowest BCUT2D eigenvalue weighted by atomic mass is 10.1. The van der Waals surface area contributed by atoms with Gasteiger partial charge >= 0.3 is 0 Å². The van der Waals surface area contributed by atoms with Crippen LogP contribution in [0.4, 0.5) is 0 Å². The smallest absolute Gasteiger partial charge is 0.240 e. The van der Waals surface area contributed by atoms with E-state index in [0.29, 0.717) is 24.8 Å². The highest BCUT2D eigenvalue weighted by molar-refractivity contribution is 7.89. The van der Waals surface area contributed by atoms with Gasteiger partial charge in [0.25, 0.3) is 0 Å². The van der Waals surface area contributed by atoms with Gasteiger partial charge in [0.2, 0.25) is 10.0 Å². The minimum absolute atomic E-state index is 0.288. The number of hydrogen-bond acceptors (Lipinski definition) is 3. The van der Waals surface area contributed by atoms with E-state index in [-0.39, 0.29) is 4.90 Å². The minimum Gasteiger partial charge on any atom is -0.494 e. The van der Waals surface area contributed by atoms with Crippen molar-refractivity contribution in [3.63, 3.8) is 0 Å². The molecule has 0 amide bonds. The predicted octanol–water partition coefficient (Wildman–Crippen LogP) is 2.72. The van der Waals surface area contributed by atoms with E-state index in [1.807, 2.05) is 0 Å². The van der Waals surface area contributed by atoms with Gasteiger partial charge in [0.05, 0.1) is 11.5 Å². The van der Waals surface area contributed by atoms with E-state index in [2.05, 4.69) is 18.6 Å². The second-order valence-electron chi connectivity index (χ2n) is 4.96. The Morgan fingerprint density at radius 1 is 1.32 bits per heavy atom. The highest BCUT2D eigenvalue weighted by Gasteiger charge is 2.16. The molecule has 0 saturated carbocycles. The van der Waals surface area contributed by atoms with Crippen molar-refractivity contribution >= 4 is 10.0 Å². The lowest BCUT2D eigenvalue weighted by molar-refractivity contribution is 0.289. The number of aryl methyl sites for hydroxylation is 1. The Balaban J connectivity index is 2.89. The maximum absolute atomic E-state index is 12.0. The van der Waals surface area contributed by atoms with E-state index in [0.717, 1.165) is 12.0 Å². The molecule has 1 aromatic rings. The summed E-state index contributed by atoms with van der Waals surface area (Å²) >= 11 is 0. The first-order valence-electron chi connectivity index (χ1n) is 6.60. The van der Waals surface area contributed by atoms with E-state index in [1.54, 1.807) is 32.0 Å². The molecule has 0 saturated heterocycles. The molecular formula is C14H23NO3S. The third-order valence-electron chi connectivity index (χ3n) is 2.75. The Bertz CT molecular complexity index is 509. The van der Waals surface area contributed by atoms with Crippen LogP contribution < -0.4 is 9.46 Å². The standard InChI is InChI=1S/C14H23NO3S/c1-5-15-19(16,17)14-10-13(7-6-12(14)4)18-9-8-11(2)3/h6-7,10-11,15H,5,8-9H2,1-4H3. The molecule has 0 heterocycles. The number of nitrogens with one attached hydrogen (secondary N) is 1. The summed E-state index contributed by atoms with van der Waals surface area (Å²) in [6, 6.07) is 5.17. The lowest BCUT2D eigenvalue weighted by Crippen LogP contribution is -2.24. The van der Waals surface area contributed by atoms with Crippen LogP contribution in [0.3, 0.4) is 0 Å². The number of rotatable bonds is 7. The Kier molecular flexibility index (Phi) is 5.82. The summed E-state index contributed by atoms with van der Waals surface area (Å²) in [5.74, 6) is 1.16. The van der Waals surface area contributed by atoms with Crippen molar-refractivity contribution in [2.45, 2.75) is 39.0 Å². The van der Waals surface area contributed by atoms with Crippen LogP contribution >= 0.6 is 0 Å². The molecule has 4 nitrogen and oxygen atoms in total. The van der Waals surface area contributed by atoms with Crippen molar-refractivity contribution < 1.29 is 13.2 Å². The van der Waals surface area contributed by atoms with E-state index in [1.165, 1.54) is 0 Å². The van der Waals surface area contributed by atoms with Gasteiger partial charge in [-0.05, 0) is 30.9 Å². The number of ether oxygens (including phenoxy) is 1. The molecule has 0 unspecified atom stereocenters. The largest absolute Gasteiger partial charge is 0.494 e. The molecule has 1 aromatic carbocycles. The van der Waals surface area contributed by atoms with Gasteiger partial charge in [-0.2, -0.15) is 0 Å². The van der Waals surface area contributed by atoms with Crippen molar-refractivity contribution in [2.24, 2.45) is 5.92 Å². The van der Waals surface area contributed by atoms with Crippen LogP contribution in [0.5, 0.6) is 5.75 Å². The minimum atomic E-state index is -3.43. The van der Waals surface area contributed by atoms with Crippen molar-refractivity contribution in [2.75, 3.05) is 13.2 Å².